The molecule has 2 heterocycles. The highest BCUT2D eigenvalue weighted by Crippen LogP contribution is 2.25. The van der Waals surface area contributed by atoms with Gasteiger partial charge in [-0.05, 0) is 64.6 Å². The number of para-hydroxylation sites is 1. The number of alkyl halides is 1. The number of halogens is 1. The van der Waals surface area contributed by atoms with Gasteiger partial charge in [0.2, 0.25) is 5.91 Å². The van der Waals surface area contributed by atoms with Gasteiger partial charge in [-0.15, -0.1) is 0 Å². The van der Waals surface area contributed by atoms with Gasteiger partial charge in [0, 0.05) is 19.1 Å². The summed E-state index contributed by atoms with van der Waals surface area (Å²) >= 11 is 0. The zero-order valence-electron chi connectivity index (χ0n) is 19.8. The van der Waals surface area contributed by atoms with Crippen LogP contribution in [0.2, 0.25) is 0 Å². The molecule has 1 fully saturated rings. The second-order valence-electron chi connectivity index (χ2n) is 9.19. The molecule has 3 atom stereocenters. The Bertz CT molecular complexity index is 789. The maximum atomic E-state index is 13.9. The molecular formula is C24H37FN4O4. The Kier molecular flexibility index (Phi) is 9.79. The van der Waals surface area contributed by atoms with E-state index in [1.54, 1.807) is 0 Å². The molecule has 3 rings (SSSR count). The van der Waals surface area contributed by atoms with Crippen molar-refractivity contribution in [2.75, 3.05) is 26.7 Å². The zero-order chi connectivity index (χ0) is 24.6. The van der Waals surface area contributed by atoms with E-state index >= 15 is 0 Å². The molecule has 184 valence electrons. The van der Waals surface area contributed by atoms with Crippen LogP contribution in [0.15, 0.2) is 24.3 Å². The third-order valence-electron chi connectivity index (χ3n) is 6.12. The standard InChI is InChI=1S/C15H27FN4O3.C9H10O/c1-15(2,16)14(23)20(8-10(17)9-21)7-6-11-4-5-12(13(18)22)19(11)3;1-2-6-9-8(4-1)5-3-7-10-9/h9-12H,4-8,17H2,1-3H3,(H2,18,22);1-2,4,6H,3,5,7H2. The number of fused-ring (bicyclic) bond motifs is 1. The second-order valence-corrected chi connectivity index (χ2v) is 9.19. The Hall–Kier alpha value is -2.52. The smallest absolute Gasteiger partial charge is 0.259 e. The largest absolute Gasteiger partial charge is 0.493 e. The summed E-state index contributed by atoms with van der Waals surface area (Å²) < 4.78 is 19.4. The predicted molar refractivity (Wildman–Crippen MR) is 124 cm³/mol. The van der Waals surface area contributed by atoms with Gasteiger partial charge in [-0.25, -0.2) is 4.39 Å². The highest BCUT2D eigenvalue weighted by atomic mass is 19.1. The molecule has 8 nitrogen and oxygen atoms in total. The third kappa shape index (κ3) is 7.78. The van der Waals surface area contributed by atoms with Crippen molar-refractivity contribution in [1.29, 1.82) is 0 Å². The maximum Gasteiger partial charge on any atom is 0.259 e. The van der Waals surface area contributed by atoms with Gasteiger partial charge in [0.05, 0.1) is 18.7 Å². The molecule has 0 bridgehead atoms. The van der Waals surface area contributed by atoms with E-state index in [4.69, 9.17) is 16.2 Å². The number of carbonyl (C=O) groups is 3. The lowest BCUT2D eigenvalue weighted by molar-refractivity contribution is -0.142. The molecule has 0 aliphatic carbocycles. The average Bonchev–Trinajstić information content (AvgIpc) is 3.16. The van der Waals surface area contributed by atoms with E-state index in [0.717, 1.165) is 25.2 Å². The number of likely N-dealkylation sites (N-methyl/N-ethyl adjacent to an activating group) is 1. The summed E-state index contributed by atoms with van der Waals surface area (Å²) in [6.45, 7) is 3.50. The zero-order valence-corrected chi connectivity index (χ0v) is 19.8. The number of nitrogens with zero attached hydrogens (tertiary/aromatic N) is 2. The first-order chi connectivity index (χ1) is 15.5. The van der Waals surface area contributed by atoms with Crippen LogP contribution in [-0.2, 0) is 20.8 Å². The van der Waals surface area contributed by atoms with E-state index in [1.807, 2.05) is 24.1 Å². The summed E-state index contributed by atoms with van der Waals surface area (Å²) in [5.41, 5.74) is 10.2. The van der Waals surface area contributed by atoms with Crippen molar-refractivity contribution in [1.82, 2.24) is 9.80 Å². The molecule has 3 unspecified atom stereocenters. The number of benzene rings is 1. The first-order valence-electron chi connectivity index (χ1n) is 11.5. The predicted octanol–water partition coefficient (Wildman–Crippen LogP) is 1.44. The number of primary amides is 1. The summed E-state index contributed by atoms with van der Waals surface area (Å²) in [5, 5.41) is 0. The van der Waals surface area contributed by atoms with Gasteiger partial charge in [0.1, 0.15) is 12.0 Å². The van der Waals surface area contributed by atoms with E-state index in [1.165, 1.54) is 30.7 Å². The van der Waals surface area contributed by atoms with E-state index in [0.29, 0.717) is 19.1 Å². The van der Waals surface area contributed by atoms with Gasteiger partial charge in [0.25, 0.3) is 5.91 Å². The third-order valence-corrected chi connectivity index (χ3v) is 6.12. The number of aryl methyl sites for hydroxylation is 1. The minimum atomic E-state index is -2.03. The quantitative estimate of drug-likeness (QED) is 0.562. The molecular weight excluding hydrogens is 427 g/mol. The highest BCUT2D eigenvalue weighted by molar-refractivity contribution is 5.84. The summed E-state index contributed by atoms with van der Waals surface area (Å²) in [4.78, 5) is 37.4. The molecule has 4 N–H and O–H groups in total. The van der Waals surface area contributed by atoms with Crippen LogP contribution < -0.4 is 16.2 Å². The molecule has 0 saturated carbocycles. The molecule has 0 aromatic heterocycles. The van der Waals surface area contributed by atoms with Crippen molar-refractivity contribution in [3.05, 3.63) is 29.8 Å². The Balaban J connectivity index is 0.000000315. The fourth-order valence-corrected chi connectivity index (χ4v) is 4.25. The normalized spacial score (nSPS) is 21.1. The number of aldehydes is 1. The lowest BCUT2D eigenvalue weighted by Crippen LogP contribution is -2.49. The Morgan fingerprint density at radius 3 is 2.61 bits per heavy atom. The summed E-state index contributed by atoms with van der Waals surface area (Å²) in [5.74, 6) is 0.0199. The number of nitrogens with two attached hydrogens (primary N) is 2. The van der Waals surface area contributed by atoms with Crippen LogP contribution in [-0.4, -0.2) is 78.4 Å². The number of hydrogen-bond donors (Lipinski definition) is 2. The van der Waals surface area contributed by atoms with Crippen molar-refractivity contribution in [3.63, 3.8) is 0 Å². The average molecular weight is 465 g/mol. The number of amides is 2. The van der Waals surface area contributed by atoms with E-state index < -0.39 is 17.6 Å². The second kappa shape index (κ2) is 12.1. The minimum Gasteiger partial charge on any atom is -0.493 e. The van der Waals surface area contributed by atoms with Crippen LogP contribution in [0.5, 0.6) is 5.75 Å². The molecule has 1 saturated heterocycles. The SMILES string of the molecule is CN1C(CCN(CC(N)C=O)C(=O)C(C)(C)F)CCC1C(N)=O.c1ccc2c(c1)CCCO2. The van der Waals surface area contributed by atoms with Gasteiger partial charge in [-0.2, -0.15) is 0 Å². The molecule has 0 radical (unpaired) electrons. The first-order valence-corrected chi connectivity index (χ1v) is 11.5. The summed E-state index contributed by atoms with van der Waals surface area (Å²) in [6.07, 6.45) is 4.90. The van der Waals surface area contributed by atoms with Gasteiger partial charge >= 0.3 is 0 Å². The molecule has 1 aromatic carbocycles. The minimum absolute atomic E-state index is 0.0225. The van der Waals surface area contributed by atoms with E-state index in [-0.39, 0.29) is 31.1 Å². The maximum absolute atomic E-state index is 13.9. The lowest BCUT2D eigenvalue weighted by Gasteiger charge is -2.31. The topological polar surface area (TPSA) is 119 Å². The fourth-order valence-electron chi connectivity index (χ4n) is 4.25. The Labute approximate surface area is 195 Å². The van der Waals surface area contributed by atoms with Crippen molar-refractivity contribution < 1.29 is 23.5 Å². The molecule has 0 spiro atoms. The van der Waals surface area contributed by atoms with Crippen molar-refractivity contribution in [2.45, 2.75) is 69.7 Å². The Morgan fingerprint density at radius 1 is 1.33 bits per heavy atom. The molecule has 33 heavy (non-hydrogen) atoms. The van der Waals surface area contributed by atoms with Crippen LogP contribution in [0.3, 0.4) is 0 Å². The van der Waals surface area contributed by atoms with Crippen molar-refractivity contribution >= 4 is 18.1 Å². The lowest BCUT2D eigenvalue weighted by atomic mass is 10.1. The number of hydrogen-bond acceptors (Lipinski definition) is 6. The summed E-state index contributed by atoms with van der Waals surface area (Å²) in [6, 6.07) is 7.18. The van der Waals surface area contributed by atoms with E-state index in [9.17, 15) is 18.8 Å². The molecule has 2 amide bonds. The molecule has 9 heteroatoms. The fraction of sp³-hybridized carbons (Fsp3) is 0.625. The number of likely N-dealkylation sites (tertiary alicyclic amines) is 1. The molecule has 2 aliphatic heterocycles. The van der Waals surface area contributed by atoms with Crippen LogP contribution in [0.4, 0.5) is 4.39 Å². The van der Waals surface area contributed by atoms with Gasteiger partial charge in [-0.1, -0.05) is 18.2 Å². The Morgan fingerprint density at radius 2 is 2.03 bits per heavy atom. The number of ether oxygens (including phenoxy) is 1. The molecule has 1 aromatic rings. The van der Waals surface area contributed by atoms with Crippen molar-refractivity contribution in [2.24, 2.45) is 11.5 Å². The van der Waals surface area contributed by atoms with Gasteiger partial charge in [-0.3, -0.25) is 14.5 Å². The van der Waals surface area contributed by atoms with Gasteiger partial charge in [0.15, 0.2) is 5.67 Å². The first kappa shape index (κ1) is 26.7. The summed E-state index contributed by atoms with van der Waals surface area (Å²) in [7, 11) is 1.81. The van der Waals surface area contributed by atoms with Crippen LogP contribution in [0, 0.1) is 0 Å². The van der Waals surface area contributed by atoms with E-state index in [2.05, 4.69) is 12.1 Å². The van der Waals surface area contributed by atoms with Crippen LogP contribution in [0.25, 0.3) is 0 Å². The molecule has 2 aliphatic rings. The van der Waals surface area contributed by atoms with Crippen LogP contribution >= 0.6 is 0 Å². The number of rotatable bonds is 8. The van der Waals surface area contributed by atoms with Crippen molar-refractivity contribution in [3.8, 4) is 5.75 Å². The van der Waals surface area contributed by atoms with Crippen LogP contribution in [0.1, 0.15) is 45.1 Å². The number of carbonyl (C=O) groups excluding carboxylic acids is 3. The van der Waals surface area contributed by atoms with Gasteiger partial charge < -0.3 is 25.9 Å². The highest BCUT2D eigenvalue weighted by Gasteiger charge is 2.36. The monoisotopic (exact) mass is 464 g/mol.